The molecule has 7 nitrogen and oxygen atoms in total. The Labute approximate surface area is 212 Å². The van der Waals surface area contributed by atoms with Crippen LogP contribution in [0.15, 0.2) is 48.9 Å². The van der Waals surface area contributed by atoms with Crippen LogP contribution in [-0.4, -0.2) is 45.4 Å². The Morgan fingerprint density at radius 1 is 1.24 bits per heavy atom. The van der Waals surface area contributed by atoms with E-state index in [1.807, 2.05) is 0 Å². The zero-order valence-corrected chi connectivity index (χ0v) is 19.9. The molecule has 0 aliphatic carbocycles. The van der Waals surface area contributed by atoms with Crippen molar-refractivity contribution in [1.82, 2.24) is 14.5 Å². The van der Waals surface area contributed by atoms with Crippen molar-refractivity contribution in [3.8, 4) is 0 Å². The highest BCUT2D eigenvalue weighted by atomic mass is 19.4. The Hall–Kier alpha value is -3.68. The minimum atomic E-state index is -4.95. The number of nitrogens with zero attached hydrogens (tertiary/aromatic N) is 4. The molecular formula is C24H22F7N5O2. The summed E-state index contributed by atoms with van der Waals surface area (Å²) in [6, 6.07) is 3.96. The standard InChI is InChI=1S/C24H22F7N5O2/c1-14(34-9-6-23(27,28)18(12-34)15-4-7-36(38)8-5-15)21(37)32-20-13-35(22(33-20)24(29,30)31)11-16-2-3-17(25)10-19(16)26/h2-5,7-8,10,13-14,18H,6,9,11-12H2,1H3,(H,32,37)/t14-,18-/m1/s1. The number of imidazole rings is 1. The van der Waals surface area contributed by atoms with Crippen LogP contribution in [-0.2, 0) is 17.5 Å². The number of aromatic nitrogens is 3. The van der Waals surface area contributed by atoms with E-state index >= 15 is 0 Å². The van der Waals surface area contributed by atoms with Gasteiger partial charge in [-0.15, -0.1) is 0 Å². The number of carbonyl (C=O) groups is 1. The average Bonchev–Trinajstić information content (AvgIpc) is 3.24. The van der Waals surface area contributed by atoms with Crippen molar-refractivity contribution in [1.29, 1.82) is 0 Å². The molecule has 1 N–H and O–H groups in total. The van der Waals surface area contributed by atoms with E-state index in [1.165, 1.54) is 24.0 Å². The first kappa shape index (κ1) is 27.4. The number of carbonyl (C=O) groups excluding carboxylic acids is 1. The number of likely N-dealkylation sites (tertiary alicyclic amines) is 1. The molecule has 1 saturated heterocycles. The summed E-state index contributed by atoms with van der Waals surface area (Å²) in [6.45, 7) is 0.389. The zero-order chi connectivity index (χ0) is 27.8. The molecule has 14 heteroatoms. The third-order valence-corrected chi connectivity index (χ3v) is 6.45. The number of anilines is 1. The van der Waals surface area contributed by atoms with E-state index in [0.717, 1.165) is 30.7 Å². The second kappa shape index (κ2) is 10.2. The largest absolute Gasteiger partial charge is 0.619 e. The first-order valence-electron chi connectivity index (χ1n) is 11.4. The third kappa shape index (κ3) is 5.90. The quantitative estimate of drug-likeness (QED) is 0.285. The van der Waals surface area contributed by atoms with Gasteiger partial charge in [-0.25, -0.2) is 22.5 Å². The number of nitrogens with one attached hydrogen (secondary N) is 1. The molecule has 2 atom stereocenters. The lowest BCUT2D eigenvalue weighted by atomic mass is 9.87. The van der Waals surface area contributed by atoms with Gasteiger partial charge < -0.3 is 15.1 Å². The van der Waals surface area contributed by atoms with Crippen molar-refractivity contribution in [2.45, 2.75) is 43.9 Å². The van der Waals surface area contributed by atoms with E-state index in [2.05, 4.69) is 10.3 Å². The number of amides is 1. The molecule has 204 valence electrons. The lowest BCUT2D eigenvalue weighted by Crippen LogP contribution is -2.52. The fraction of sp³-hybridized carbons (Fsp3) is 0.375. The van der Waals surface area contributed by atoms with Crippen molar-refractivity contribution in [2.75, 3.05) is 18.4 Å². The summed E-state index contributed by atoms with van der Waals surface area (Å²) in [6.07, 6.45) is -2.47. The first-order chi connectivity index (χ1) is 17.7. The van der Waals surface area contributed by atoms with Gasteiger partial charge in [-0.3, -0.25) is 9.69 Å². The Morgan fingerprint density at radius 2 is 1.92 bits per heavy atom. The maximum atomic E-state index is 14.6. The predicted molar refractivity (Wildman–Crippen MR) is 120 cm³/mol. The summed E-state index contributed by atoms with van der Waals surface area (Å²) >= 11 is 0. The SMILES string of the molecule is C[C@H](C(=O)Nc1cn(Cc2ccc(F)cc2F)c(C(F)(F)F)n1)N1CCC(F)(F)[C@@H](c2cc[n+]([O-])cc2)C1. The molecule has 4 rings (SSSR count). The number of rotatable bonds is 6. The highest BCUT2D eigenvalue weighted by Crippen LogP contribution is 2.40. The minimum absolute atomic E-state index is 0.154. The Bertz CT molecular complexity index is 1310. The highest BCUT2D eigenvalue weighted by molar-refractivity contribution is 5.93. The van der Waals surface area contributed by atoms with Crippen LogP contribution in [0.5, 0.6) is 0 Å². The van der Waals surface area contributed by atoms with Crippen LogP contribution in [0, 0.1) is 16.8 Å². The van der Waals surface area contributed by atoms with Crippen molar-refractivity contribution in [2.24, 2.45) is 0 Å². The topological polar surface area (TPSA) is 77.1 Å². The van der Waals surface area contributed by atoms with Gasteiger partial charge in [0.25, 0.3) is 5.92 Å². The lowest BCUT2D eigenvalue weighted by molar-refractivity contribution is -0.605. The van der Waals surface area contributed by atoms with E-state index in [4.69, 9.17) is 0 Å². The van der Waals surface area contributed by atoms with Crippen molar-refractivity contribution in [3.05, 3.63) is 82.7 Å². The summed E-state index contributed by atoms with van der Waals surface area (Å²) in [7, 11) is 0. The Balaban J connectivity index is 1.51. The van der Waals surface area contributed by atoms with Gasteiger partial charge in [-0.05, 0) is 18.6 Å². The van der Waals surface area contributed by atoms with Gasteiger partial charge >= 0.3 is 6.18 Å². The van der Waals surface area contributed by atoms with Crippen molar-refractivity contribution in [3.63, 3.8) is 0 Å². The molecule has 1 aliphatic heterocycles. The molecule has 1 aliphatic rings. The summed E-state index contributed by atoms with van der Waals surface area (Å²) < 4.78 is 98.2. The number of alkyl halides is 5. The molecule has 1 amide bonds. The Kier molecular flexibility index (Phi) is 7.37. The summed E-state index contributed by atoms with van der Waals surface area (Å²) in [5, 5.41) is 13.5. The number of piperidine rings is 1. The second-order valence-corrected chi connectivity index (χ2v) is 9.03. The fourth-order valence-electron chi connectivity index (χ4n) is 4.34. The van der Waals surface area contributed by atoms with E-state index in [1.54, 1.807) is 0 Å². The molecule has 3 aromatic rings. The second-order valence-electron chi connectivity index (χ2n) is 9.03. The average molecular weight is 545 g/mol. The molecule has 38 heavy (non-hydrogen) atoms. The fourth-order valence-corrected chi connectivity index (χ4v) is 4.34. The predicted octanol–water partition coefficient (Wildman–Crippen LogP) is 4.31. The van der Waals surface area contributed by atoms with E-state index < -0.39 is 66.2 Å². The summed E-state index contributed by atoms with van der Waals surface area (Å²) in [5.41, 5.74) is -0.0229. The molecule has 2 aromatic heterocycles. The first-order valence-corrected chi connectivity index (χ1v) is 11.4. The van der Waals surface area contributed by atoms with Gasteiger partial charge in [-0.1, -0.05) is 6.07 Å². The lowest BCUT2D eigenvalue weighted by Gasteiger charge is -2.40. The van der Waals surface area contributed by atoms with Gasteiger partial charge in [0.1, 0.15) is 11.6 Å². The van der Waals surface area contributed by atoms with Crippen molar-refractivity contribution >= 4 is 11.7 Å². The van der Waals surface area contributed by atoms with Crippen LogP contribution >= 0.6 is 0 Å². The van der Waals surface area contributed by atoms with Gasteiger partial charge in [0.2, 0.25) is 11.7 Å². The van der Waals surface area contributed by atoms with Gasteiger partial charge in [0.15, 0.2) is 18.2 Å². The molecule has 1 aromatic carbocycles. The molecule has 0 unspecified atom stereocenters. The molecule has 3 heterocycles. The Morgan fingerprint density at radius 3 is 2.55 bits per heavy atom. The smallest absolute Gasteiger partial charge is 0.449 e. The molecular weight excluding hydrogens is 523 g/mol. The molecule has 0 radical (unpaired) electrons. The van der Waals surface area contributed by atoms with Crippen LogP contribution in [0.2, 0.25) is 0 Å². The van der Waals surface area contributed by atoms with Crippen LogP contribution in [0.25, 0.3) is 0 Å². The van der Waals surface area contributed by atoms with E-state index in [9.17, 15) is 40.7 Å². The van der Waals surface area contributed by atoms with Gasteiger partial charge in [-0.2, -0.15) is 17.9 Å². The number of hydrogen-bond acceptors (Lipinski definition) is 4. The monoisotopic (exact) mass is 545 g/mol. The zero-order valence-electron chi connectivity index (χ0n) is 19.9. The minimum Gasteiger partial charge on any atom is -0.619 e. The molecule has 0 spiro atoms. The van der Waals surface area contributed by atoms with E-state index in [0.29, 0.717) is 15.4 Å². The number of halogens is 7. The van der Waals surface area contributed by atoms with Crippen LogP contribution in [0.3, 0.4) is 0 Å². The van der Waals surface area contributed by atoms with E-state index in [-0.39, 0.29) is 24.2 Å². The molecule has 0 bridgehead atoms. The van der Waals surface area contributed by atoms with Crippen LogP contribution < -0.4 is 10.0 Å². The maximum absolute atomic E-state index is 14.6. The third-order valence-electron chi connectivity index (χ3n) is 6.45. The number of hydrogen-bond donors (Lipinski definition) is 1. The van der Waals surface area contributed by atoms with Crippen molar-refractivity contribution < 1.29 is 40.3 Å². The summed E-state index contributed by atoms with van der Waals surface area (Å²) in [5.74, 6) is -9.03. The van der Waals surface area contributed by atoms with Gasteiger partial charge in [0.05, 0.1) is 18.5 Å². The number of pyridine rings is 1. The van der Waals surface area contributed by atoms with Crippen LogP contribution in [0.4, 0.5) is 36.6 Å². The normalized spacial score (nSPS) is 18.8. The highest BCUT2D eigenvalue weighted by Gasteiger charge is 2.46. The van der Waals surface area contributed by atoms with Gasteiger partial charge in [0, 0.05) is 49.5 Å². The molecule has 1 fully saturated rings. The van der Waals surface area contributed by atoms with Crippen LogP contribution in [0.1, 0.15) is 36.2 Å². The number of benzene rings is 1. The maximum Gasteiger partial charge on any atom is 0.449 e. The molecule has 0 saturated carbocycles. The summed E-state index contributed by atoms with van der Waals surface area (Å²) in [4.78, 5) is 17.8.